The quantitative estimate of drug-likeness (QED) is 0.934. The van der Waals surface area contributed by atoms with E-state index < -0.39 is 0 Å². The zero-order valence-corrected chi connectivity index (χ0v) is 11.5. The first-order chi connectivity index (χ1) is 9.28. The van der Waals surface area contributed by atoms with E-state index in [1.165, 1.54) is 25.0 Å². The van der Waals surface area contributed by atoms with Gasteiger partial charge in [0.25, 0.3) is 0 Å². The summed E-state index contributed by atoms with van der Waals surface area (Å²) < 4.78 is 1.98. The van der Waals surface area contributed by atoms with Gasteiger partial charge in [-0.15, -0.1) is 5.10 Å². The molecule has 0 spiro atoms. The summed E-state index contributed by atoms with van der Waals surface area (Å²) in [5.74, 6) is 0.577. The summed E-state index contributed by atoms with van der Waals surface area (Å²) in [5.41, 5.74) is 9.05. The van der Waals surface area contributed by atoms with Crippen molar-refractivity contribution in [3.05, 3.63) is 46.2 Å². The number of hydrogen-bond acceptors (Lipinski definition) is 3. The van der Waals surface area contributed by atoms with Crippen molar-refractivity contribution in [3.63, 3.8) is 0 Å². The van der Waals surface area contributed by atoms with Gasteiger partial charge in [-0.2, -0.15) is 0 Å². The topological polar surface area (TPSA) is 56.7 Å². The van der Waals surface area contributed by atoms with E-state index in [0.29, 0.717) is 19.0 Å². The first kappa shape index (κ1) is 12.6. The standard InChI is InChI=1S/C14H17ClN4/c15-12-6-1-3-10(7-12)9-19-14(11-4-2-5-11)13(8-16)17-18-19/h1,3,6-7,11H,2,4-5,8-9,16H2. The monoisotopic (exact) mass is 276 g/mol. The fourth-order valence-corrected chi connectivity index (χ4v) is 2.77. The van der Waals surface area contributed by atoms with Crippen LogP contribution in [0.4, 0.5) is 0 Å². The molecule has 100 valence electrons. The molecule has 5 heteroatoms. The molecule has 1 heterocycles. The maximum atomic E-state index is 6.02. The van der Waals surface area contributed by atoms with E-state index in [9.17, 15) is 0 Å². The van der Waals surface area contributed by atoms with Gasteiger partial charge in [-0.25, -0.2) is 4.68 Å². The van der Waals surface area contributed by atoms with Crippen LogP contribution < -0.4 is 5.73 Å². The normalized spacial score (nSPS) is 15.5. The lowest BCUT2D eigenvalue weighted by Gasteiger charge is -2.26. The van der Waals surface area contributed by atoms with E-state index in [1.54, 1.807) is 0 Å². The fourth-order valence-electron chi connectivity index (χ4n) is 2.55. The van der Waals surface area contributed by atoms with Crippen LogP contribution in [0.3, 0.4) is 0 Å². The third-order valence-corrected chi connectivity index (χ3v) is 3.99. The number of hydrogen-bond donors (Lipinski definition) is 1. The van der Waals surface area contributed by atoms with Crippen molar-refractivity contribution in [3.8, 4) is 0 Å². The van der Waals surface area contributed by atoms with Gasteiger partial charge in [0.05, 0.1) is 17.9 Å². The van der Waals surface area contributed by atoms with Crippen LogP contribution in [0.1, 0.15) is 42.1 Å². The Hall–Kier alpha value is -1.39. The lowest BCUT2D eigenvalue weighted by molar-refractivity contribution is 0.390. The summed E-state index contributed by atoms with van der Waals surface area (Å²) in [6, 6.07) is 7.86. The summed E-state index contributed by atoms with van der Waals surface area (Å²) >= 11 is 6.02. The van der Waals surface area contributed by atoms with Crippen LogP contribution in [0.15, 0.2) is 24.3 Å². The number of halogens is 1. The Morgan fingerprint density at radius 2 is 2.21 bits per heavy atom. The Bertz CT molecular complexity index is 575. The van der Waals surface area contributed by atoms with Crippen LogP contribution in [0.5, 0.6) is 0 Å². The predicted octanol–water partition coefficient (Wildman–Crippen LogP) is 2.71. The summed E-state index contributed by atoms with van der Waals surface area (Å²) in [7, 11) is 0. The van der Waals surface area contributed by atoms with Crippen molar-refractivity contribution >= 4 is 11.6 Å². The average Bonchev–Trinajstić information content (AvgIpc) is 2.70. The number of nitrogens with zero attached hydrogens (tertiary/aromatic N) is 3. The Morgan fingerprint density at radius 3 is 2.84 bits per heavy atom. The van der Waals surface area contributed by atoms with Crippen LogP contribution in [0, 0.1) is 0 Å². The lowest BCUT2D eigenvalue weighted by atomic mass is 9.82. The van der Waals surface area contributed by atoms with Gasteiger partial charge in [-0.1, -0.05) is 35.4 Å². The summed E-state index contributed by atoms with van der Waals surface area (Å²) in [4.78, 5) is 0. The second kappa shape index (κ2) is 5.31. The molecule has 0 bridgehead atoms. The molecule has 1 aromatic carbocycles. The number of aromatic nitrogens is 3. The van der Waals surface area contributed by atoms with Gasteiger partial charge in [0.15, 0.2) is 0 Å². The van der Waals surface area contributed by atoms with Gasteiger partial charge >= 0.3 is 0 Å². The molecule has 0 radical (unpaired) electrons. The number of benzene rings is 1. The van der Waals surface area contributed by atoms with Crippen molar-refractivity contribution in [2.45, 2.75) is 38.3 Å². The molecule has 1 aromatic heterocycles. The minimum absolute atomic E-state index is 0.460. The molecule has 2 aromatic rings. The molecule has 0 atom stereocenters. The molecular weight excluding hydrogens is 260 g/mol. The van der Waals surface area contributed by atoms with Gasteiger partial charge in [-0.3, -0.25) is 0 Å². The maximum Gasteiger partial charge on any atom is 0.0997 e. The second-order valence-electron chi connectivity index (χ2n) is 5.04. The smallest absolute Gasteiger partial charge is 0.0997 e. The maximum absolute atomic E-state index is 6.02. The summed E-state index contributed by atoms with van der Waals surface area (Å²) in [5, 5.41) is 9.22. The van der Waals surface area contributed by atoms with E-state index in [0.717, 1.165) is 16.3 Å². The molecule has 0 saturated heterocycles. The second-order valence-corrected chi connectivity index (χ2v) is 5.48. The van der Waals surface area contributed by atoms with Gasteiger partial charge in [0.1, 0.15) is 0 Å². The van der Waals surface area contributed by atoms with Crippen LogP contribution in [-0.4, -0.2) is 15.0 Å². The van der Waals surface area contributed by atoms with Gasteiger partial charge in [0, 0.05) is 17.5 Å². The SMILES string of the molecule is NCc1nnn(Cc2cccc(Cl)c2)c1C1CCC1. The first-order valence-electron chi connectivity index (χ1n) is 6.64. The van der Waals surface area contributed by atoms with Crippen molar-refractivity contribution in [1.29, 1.82) is 0 Å². The zero-order valence-electron chi connectivity index (χ0n) is 10.7. The van der Waals surface area contributed by atoms with Gasteiger partial charge in [0.2, 0.25) is 0 Å². The highest BCUT2D eigenvalue weighted by Crippen LogP contribution is 2.37. The van der Waals surface area contributed by atoms with E-state index in [-0.39, 0.29) is 0 Å². The molecule has 0 aliphatic heterocycles. The average molecular weight is 277 g/mol. The van der Waals surface area contributed by atoms with Crippen LogP contribution in [0.2, 0.25) is 5.02 Å². The fraction of sp³-hybridized carbons (Fsp3) is 0.429. The molecule has 1 aliphatic carbocycles. The highest BCUT2D eigenvalue weighted by atomic mass is 35.5. The molecule has 3 rings (SSSR count). The molecule has 1 fully saturated rings. The molecule has 4 nitrogen and oxygen atoms in total. The van der Waals surface area contributed by atoms with Crippen LogP contribution >= 0.6 is 11.6 Å². The largest absolute Gasteiger partial charge is 0.325 e. The highest BCUT2D eigenvalue weighted by Gasteiger charge is 2.27. The molecular formula is C14H17ClN4. The van der Waals surface area contributed by atoms with Crippen molar-refractivity contribution < 1.29 is 0 Å². The molecule has 0 amide bonds. The lowest BCUT2D eigenvalue weighted by Crippen LogP contribution is -2.18. The third kappa shape index (κ3) is 2.51. The molecule has 1 saturated carbocycles. The Kier molecular flexibility index (Phi) is 3.53. The van der Waals surface area contributed by atoms with E-state index in [4.69, 9.17) is 17.3 Å². The molecule has 19 heavy (non-hydrogen) atoms. The first-order valence-corrected chi connectivity index (χ1v) is 7.02. The molecule has 2 N–H and O–H groups in total. The van der Waals surface area contributed by atoms with E-state index >= 15 is 0 Å². The van der Waals surface area contributed by atoms with Crippen molar-refractivity contribution in [2.75, 3.05) is 0 Å². The molecule has 0 unspecified atom stereocenters. The molecule has 1 aliphatic rings. The van der Waals surface area contributed by atoms with Gasteiger partial charge in [-0.05, 0) is 30.5 Å². The third-order valence-electron chi connectivity index (χ3n) is 3.75. The Morgan fingerprint density at radius 1 is 1.37 bits per heavy atom. The summed E-state index contributed by atoms with van der Waals surface area (Å²) in [6.07, 6.45) is 3.73. The summed E-state index contributed by atoms with van der Waals surface area (Å²) in [6.45, 7) is 1.17. The minimum atomic E-state index is 0.460. The van der Waals surface area contributed by atoms with Crippen LogP contribution in [-0.2, 0) is 13.1 Å². The van der Waals surface area contributed by atoms with Crippen LogP contribution in [0.25, 0.3) is 0 Å². The van der Waals surface area contributed by atoms with E-state index in [1.807, 2.05) is 22.9 Å². The van der Waals surface area contributed by atoms with Crippen molar-refractivity contribution in [2.24, 2.45) is 5.73 Å². The number of nitrogens with two attached hydrogens (primary N) is 1. The number of rotatable bonds is 4. The van der Waals surface area contributed by atoms with Crippen molar-refractivity contribution in [1.82, 2.24) is 15.0 Å². The Balaban J connectivity index is 1.90. The zero-order chi connectivity index (χ0) is 13.2. The highest BCUT2D eigenvalue weighted by molar-refractivity contribution is 6.30. The van der Waals surface area contributed by atoms with E-state index in [2.05, 4.69) is 16.4 Å². The predicted molar refractivity (Wildman–Crippen MR) is 75.1 cm³/mol. The Labute approximate surface area is 117 Å². The minimum Gasteiger partial charge on any atom is -0.325 e. The van der Waals surface area contributed by atoms with Gasteiger partial charge < -0.3 is 5.73 Å².